The van der Waals surface area contributed by atoms with Crippen LogP contribution in [0.4, 0.5) is 45.5 Å². The highest BCUT2D eigenvalue weighted by molar-refractivity contribution is 6.62. The molecular formula is C78H93ClF6N6O13. The van der Waals surface area contributed by atoms with E-state index in [9.17, 15) is 60.2 Å². The van der Waals surface area contributed by atoms with Gasteiger partial charge in [0.05, 0.1) is 58.7 Å². The zero-order valence-electron chi connectivity index (χ0n) is 60.0. The number of alkyl halides is 6. The molecule has 11 rings (SSSR count). The topological polar surface area (TPSA) is 197 Å². The van der Waals surface area contributed by atoms with E-state index in [0.29, 0.717) is 60.8 Å². The number of aryl methyl sites for hydroxylation is 2. The Bertz CT molecular complexity index is 3840. The number of carbonyl (C=O) groups is 6. The van der Waals surface area contributed by atoms with Gasteiger partial charge in [-0.25, -0.2) is 14.4 Å². The molecule has 5 fully saturated rings. The maximum Gasteiger partial charge on any atom is 0.416 e. The molecule has 5 heterocycles. The van der Waals surface area contributed by atoms with Crippen LogP contribution in [0.15, 0.2) is 158 Å². The molecule has 26 heteroatoms. The van der Waals surface area contributed by atoms with E-state index in [1.54, 1.807) is 77.8 Å². The van der Waals surface area contributed by atoms with Crippen LogP contribution >= 0.6 is 11.6 Å². The van der Waals surface area contributed by atoms with E-state index in [4.69, 9.17) is 40.0 Å². The van der Waals surface area contributed by atoms with Crippen LogP contribution in [0.1, 0.15) is 146 Å². The van der Waals surface area contributed by atoms with Crippen molar-refractivity contribution in [3.05, 3.63) is 213 Å². The van der Waals surface area contributed by atoms with Crippen LogP contribution in [-0.4, -0.2) is 162 Å². The number of halogens is 7. The first-order valence-corrected chi connectivity index (χ1v) is 34.9. The van der Waals surface area contributed by atoms with Gasteiger partial charge < -0.3 is 53.1 Å². The smallest absolute Gasteiger partial charge is 0.416 e. The Morgan fingerprint density at radius 3 is 1.26 bits per heavy atom. The lowest BCUT2D eigenvalue weighted by Gasteiger charge is -2.54. The molecule has 2 spiro atoms. The van der Waals surface area contributed by atoms with Gasteiger partial charge in [0.25, 0.3) is 0 Å². The molecule has 5 aliphatic heterocycles. The van der Waals surface area contributed by atoms with Gasteiger partial charge in [-0.2, -0.15) is 26.3 Å². The minimum Gasteiger partial charge on any atom is -0.445 e. The second-order valence-electron chi connectivity index (χ2n) is 27.3. The number of hydrogen-bond donors (Lipinski definition) is 1. The summed E-state index contributed by atoms with van der Waals surface area (Å²) in [6.45, 7) is 7.94. The van der Waals surface area contributed by atoms with E-state index < -0.39 is 88.2 Å². The average molecular weight is 1470 g/mol. The van der Waals surface area contributed by atoms with Crippen LogP contribution in [0.25, 0.3) is 0 Å². The molecule has 0 bridgehead atoms. The summed E-state index contributed by atoms with van der Waals surface area (Å²) in [7, 11) is 6.28. The van der Waals surface area contributed by atoms with Crippen molar-refractivity contribution in [3.63, 3.8) is 0 Å². The van der Waals surface area contributed by atoms with Crippen molar-refractivity contribution in [2.45, 2.75) is 152 Å². The van der Waals surface area contributed by atoms with E-state index >= 15 is 0 Å². The molecule has 0 unspecified atom stereocenters. The fraction of sp³-hybridized carbons (Fsp3) is 0.462. The molecule has 5 saturated heterocycles. The zero-order valence-corrected chi connectivity index (χ0v) is 60.7. The third-order valence-corrected chi connectivity index (χ3v) is 20.1. The van der Waals surface area contributed by atoms with Gasteiger partial charge in [0, 0.05) is 67.3 Å². The Morgan fingerprint density at radius 2 is 0.913 bits per heavy atom. The summed E-state index contributed by atoms with van der Waals surface area (Å²) in [5.41, 5.74) is -0.547. The molecule has 5 aliphatic rings. The molecule has 0 aliphatic carbocycles. The fourth-order valence-corrected chi connectivity index (χ4v) is 13.8. The molecule has 6 aromatic rings. The van der Waals surface area contributed by atoms with Crippen molar-refractivity contribution in [2.75, 3.05) is 81.2 Å². The van der Waals surface area contributed by atoms with Crippen LogP contribution in [0.2, 0.25) is 0 Å². The number of ether oxygens (including phenoxy) is 6. The van der Waals surface area contributed by atoms with Crippen molar-refractivity contribution >= 4 is 47.1 Å². The van der Waals surface area contributed by atoms with Crippen LogP contribution < -0.4 is 0 Å². The first-order valence-electron chi connectivity index (χ1n) is 34.5. The number of amides is 6. The van der Waals surface area contributed by atoms with Gasteiger partial charge in [-0.1, -0.05) is 145 Å². The van der Waals surface area contributed by atoms with E-state index in [1.807, 2.05) is 121 Å². The SMILES string of the molecule is C1CCOC1.CN(C)C(=O)Cl.Cc1cc([C@@H](C)OC[C@@]2(c3ccccc3)CC[C@]3(CCC(=O)N3CO)CN2C(=O)OCc2ccccc2)cc(C(F)(F)F)c1.Cc1cc([C@@H](C)OC[C@@]2(c3ccccc3)CC[C@]3(CCC(=O)N3COC(=O)N(C)C)CN2C(=O)OCc2ccccc2)cc(C(F)(F)F)c1. The van der Waals surface area contributed by atoms with Crippen LogP contribution in [0.5, 0.6) is 0 Å². The molecule has 0 saturated carbocycles. The number of rotatable bonds is 17. The first kappa shape index (κ1) is 80.9. The van der Waals surface area contributed by atoms with Crippen molar-refractivity contribution in [3.8, 4) is 0 Å². The Labute approximate surface area is 608 Å². The number of hydrogen-bond acceptors (Lipinski definition) is 13. The summed E-state index contributed by atoms with van der Waals surface area (Å²) in [6, 6.07) is 44.9. The van der Waals surface area contributed by atoms with Crippen molar-refractivity contribution in [1.82, 2.24) is 29.4 Å². The Balaban J connectivity index is 0.000000230. The van der Waals surface area contributed by atoms with Crippen molar-refractivity contribution in [1.29, 1.82) is 0 Å². The van der Waals surface area contributed by atoms with E-state index in [0.717, 1.165) is 59.7 Å². The minimum absolute atomic E-state index is 0.00208. The van der Waals surface area contributed by atoms with E-state index in [2.05, 4.69) is 0 Å². The Morgan fingerprint density at radius 1 is 0.538 bits per heavy atom. The normalized spacial score (nSPS) is 21.4. The number of carbonyl (C=O) groups excluding carboxylic acids is 6. The zero-order chi connectivity index (χ0) is 75.6. The van der Waals surface area contributed by atoms with Crippen LogP contribution in [0.3, 0.4) is 0 Å². The van der Waals surface area contributed by atoms with Gasteiger partial charge in [-0.15, -0.1) is 0 Å². The molecule has 6 amide bonds. The summed E-state index contributed by atoms with van der Waals surface area (Å²) in [5, 5.41) is 9.71. The van der Waals surface area contributed by atoms with Gasteiger partial charge in [-0.05, 0) is 148 Å². The number of benzene rings is 6. The van der Waals surface area contributed by atoms with Gasteiger partial charge in [-0.3, -0.25) is 24.2 Å². The highest BCUT2D eigenvalue weighted by atomic mass is 35.5. The number of nitrogens with zero attached hydrogens (tertiary/aromatic N) is 6. The maximum absolute atomic E-state index is 14.3. The lowest BCUT2D eigenvalue weighted by molar-refractivity contribution is -0.144. The number of aliphatic hydroxyl groups is 1. The second kappa shape index (κ2) is 35.8. The highest BCUT2D eigenvalue weighted by Gasteiger charge is 2.59. The van der Waals surface area contributed by atoms with Gasteiger partial charge in [0.2, 0.25) is 11.8 Å². The largest absolute Gasteiger partial charge is 0.445 e. The van der Waals surface area contributed by atoms with E-state index in [1.165, 1.54) is 32.4 Å². The second-order valence-corrected chi connectivity index (χ2v) is 27.7. The molecule has 0 radical (unpaired) electrons. The molecule has 6 atom stereocenters. The summed E-state index contributed by atoms with van der Waals surface area (Å²) < 4.78 is 117. The Kier molecular flexibility index (Phi) is 27.9. The lowest BCUT2D eigenvalue weighted by Crippen LogP contribution is -2.66. The number of likely N-dealkylation sites (tertiary alicyclic amines) is 4. The fourth-order valence-electron chi connectivity index (χ4n) is 13.8. The highest BCUT2D eigenvalue weighted by Crippen LogP contribution is 2.51. The van der Waals surface area contributed by atoms with Gasteiger partial charge in [0.15, 0.2) is 6.73 Å². The van der Waals surface area contributed by atoms with Gasteiger partial charge in [0.1, 0.15) is 19.9 Å². The minimum atomic E-state index is -4.52. The molecule has 1 N–H and O–H groups in total. The predicted molar refractivity (Wildman–Crippen MR) is 377 cm³/mol. The molecule has 104 heavy (non-hydrogen) atoms. The molecule has 0 aromatic heterocycles. The molecule has 562 valence electrons. The number of piperidine rings is 2. The first-order chi connectivity index (χ1) is 49.4. The summed E-state index contributed by atoms with van der Waals surface area (Å²) in [5.74, 6) is -0.372. The summed E-state index contributed by atoms with van der Waals surface area (Å²) in [6.07, 6.45) is -6.79. The monoisotopic (exact) mass is 1470 g/mol. The van der Waals surface area contributed by atoms with Gasteiger partial charge >= 0.3 is 36.0 Å². The average Bonchev–Trinajstić information content (AvgIpc) is 1.37. The summed E-state index contributed by atoms with van der Waals surface area (Å²) >= 11 is 4.90. The Hall–Kier alpha value is -8.75. The van der Waals surface area contributed by atoms with Crippen molar-refractivity contribution < 1.29 is 88.6 Å². The van der Waals surface area contributed by atoms with Crippen LogP contribution in [-0.2, 0) is 74.7 Å². The molecule has 19 nitrogen and oxygen atoms in total. The third kappa shape index (κ3) is 20.4. The predicted octanol–water partition coefficient (Wildman–Crippen LogP) is 15.9. The maximum atomic E-state index is 14.3. The standard InChI is InChI=1S/C37H42F3N3O6.C34H37F3N2O5.C4H8O.C3H6ClNO/c1-26-19-29(21-31(20-26)37(38,39)40)27(2)48-24-36(30-13-9-6-10-14-30)18-17-35(16-15-32(44)43(35)25-49-33(45)41(3)4)23-42(36)34(46)47-22-28-11-7-5-8-12-28;1-24-17-27(19-29(18-24)34(35,36)37)25(2)44-22-33(28-11-7-4-8-12-28)16-15-32(14-13-30(41)39(32)23-40)21-38(33)31(42)43-20-26-9-5-3-6-10-26;1-2-4-5-3-1;1-5(2)3(4)6/h5-14,19-21,27H,15-18,22-25H2,1-4H3;3-12,17-19,25,40H,13-16,20-23H2,1-2H3;1-4H2;1-2H3/t27-,35-,36-;25-,32-,33-;;/m11../s1. The number of aliphatic hydroxyl groups excluding tert-OH is 1. The van der Waals surface area contributed by atoms with E-state index in [-0.39, 0.29) is 70.9 Å². The third-order valence-electron chi connectivity index (χ3n) is 19.7. The summed E-state index contributed by atoms with van der Waals surface area (Å²) in [4.78, 5) is 85.2. The van der Waals surface area contributed by atoms with Crippen LogP contribution in [0, 0.1) is 13.8 Å². The molecule has 6 aromatic carbocycles. The quantitative estimate of drug-likeness (QED) is 0.0392. The lowest BCUT2D eigenvalue weighted by atomic mass is 9.73. The van der Waals surface area contributed by atoms with Crippen molar-refractivity contribution in [2.24, 2.45) is 0 Å². The molecular weight excluding hydrogens is 1380 g/mol.